The van der Waals surface area contributed by atoms with Crippen LogP contribution in [0.15, 0.2) is 45.9 Å². The second kappa shape index (κ2) is 5.33. The van der Waals surface area contributed by atoms with Crippen molar-refractivity contribution in [1.29, 1.82) is 0 Å². The molecule has 0 fully saturated rings. The zero-order chi connectivity index (χ0) is 13.9. The van der Waals surface area contributed by atoms with Gasteiger partial charge in [-0.05, 0) is 37.4 Å². The summed E-state index contributed by atoms with van der Waals surface area (Å²) in [7, 11) is -2.16. The predicted molar refractivity (Wildman–Crippen MR) is 70.1 cm³/mol. The molecule has 1 aromatic heterocycles. The van der Waals surface area contributed by atoms with Gasteiger partial charge in [-0.15, -0.1) is 0 Å². The van der Waals surface area contributed by atoms with Gasteiger partial charge in [0, 0.05) is 0 Å². The van der Waals surface area contributed by atoms with Gasteiger partial charge in [0.05, 0.1) is 16.8 Å². The number of anilines is 1. The van der Waals surface area contributed by atoms with E-state index in [4.69, 9.17) is 14.9 Å². The Morgan fingerprint density at radius 3 is 2.74 bits per heavy atom. The largest absolute Gasteiger partial charge is 0.483 e. The highest BCUT2D eigenvalue weighted by Gasteiger charge is 2.13. The molecule has 0 spiro atoms. The SMILES string of the molecule is CNS(=O)(=O)c1ccc(OCc2ccco2)c(N)c1. The average Bonchev–Trinajstić information content (AvgIpc) is 2.90. The molecule has 0 radical (unpaired) electrons. The van der Waals surface area contributed by atoms with Crippen LogP contribution in [-0.4, -0.2) is 15.5 Å². The van der Waals surface area contributed by atoms with Crippen LogP contribution >= 0.6 is 0 Å². The Hall–Kier alpha value is -1.99. The quantitative estimate of drug-likeness (QED) is 0.807. The van der Waals surface area contributed by atoms with E-state index in [0.717, 1.165) is 0 Å². The van der Waals surface area contributed by atoms with Gasteiger partial charge < -0.3 is 14.9 Å². The molecule has 19 heavy (non-hydrogen) atoms. The van der Waals surface area contributed by atoms with E-state index >= 15 is 0 Å². The van der Waals surface area contributed by atoms with Gasteiger partial charge in [-0.25, -0.2) is 13.1 Å². The number of ether oxygens (including phenoxy) is 1. The van der Waals surface area contributed by atoms with Gasteiger partial charge in [-0.2, -0.15) is 0 Å². The molecule has 102 valence electrons. The summed E-state index contributed by atoms with van der Waals surface area (Å²) >= 11 is 0. The first kappa shape index (κ1) is 13.4. The second-order valence-corrected chi connectivity index (χ2v) is 5.66. The maximum atomic E-state index is 11.6. The average molecular weight is 282 g/mol. The number of hydrogen-bond acceptors (Lipinski definition) is 5. The molecule has 2 rings (SSSR count). The first-order valence-electron chi connectivity index (χ1n) is 5.51. The molecule has 7 heteroatoms. The molecule has 0 aliphatic heterocycles. The smallest absolute Gasteiger partial charge is 0.240 e. The van der Waals surface area contributed by atoms with E-state index in [2.05, 4.69) is 4.72 Å². The number of nitrogens with one attached hydrogen (secondary N) is 1. The zero-order valence-corrected chi connectivity index (χ0v) is 11.1. The number of nitrogen functional groups attached to an aromatic ring is 1. The van der Waals surface area contributed by atoms with Crippen molar-refractivity contribution in [2.45, 2.75) is 11.5 Å². The summed E-state index contributed by atoms with van der Waals surface area (Å²) in [6.07, 6.45) is 1.55. The molecule has 0 aliphatic carbocycles. The topological polar surface area (TPSA) is 94.6 Å². The van der Waals surface area contributed by atoms with Crippen molar-refractivity contribution in [2.75, 3.05) is 12.8 Å². The molecule has 0 saturated heterocycles. The summed E-state index contributed by atoms with van der Waals surface area (Å²) in [5.74, 6) is 1.07. The van der Waals surface area contributed by atoms with Crippen molar-refractivity contribution in [3.8, 4) is 5.75 Å². The summed E-state index contributed by atoms with van der Waals surface area (Å²) in [5, 5.41) is 0. The number of benzene rings is 1. The molecule has 2 aromatic rings. The van der Waals surface area contributed by atoms with Crippen molar-refractivity contribution >= 4 is 15.7 Å². The number of nitrogens with two attached hydrogens (primary N) is 1. The minimum atomic E-state index is -3.50. The first-order chi connectivity index (χ1) is 9.03. The van der Waals surface area contributed by atoms with Gasteiger partial charge in [-0.3, -0.25) is 0 Å². The van der Waals surface area contributed by atoms with Crippen LogP contribution in [0.4, 0.5) is 5.69 Å². The van der Waals surface area contributed by atoms with Crippen molar-refractivity contribution < 1.29 is 17.6 Å². The fraction of sp³-hybridized carbons (Fsp3) is 0.167. The highest BCUT2D eigenvalue weighted by Crippen LogP contribution is 2.25. The highest BCUT2D eigenvalue weighted by molar-refractivity contribution is 7.89. The second-order valence-electron chi connectivity index (χ2n) is 3.78. The fourth-order valence-electron chi connectivity index (χ4n) is 1.49. The van der Waals surface area contributed by atoms with E-state index < -0.39 is 10.0 Å². The Morgan fingerprint density at radius 2 is 2.16 bits per heavy atom. The summed E-state index contributed by atoms with van der Waals surface area (Å²) in [6.45, 7) is 0.231. The molecule has 0 aliphatic rings. The van der Waals surface area contributed by atoms with Crippen molar-refractivity contribution in [2.24, 2.45) is 0 Å². The van der Waals surface area contributed by atoms with Gasteiger partial charge in [0.1, 0.15) is 18.1 Å². The lowest BCUT2D eigenvalue weighted by atomic mass is 10.3. The summed E-state index contributed by atoms with van der Waals surface area (Å²) in [6, 6.07) is 7.83. The molecule has 6 nitrogen and oxygen atoms in total. The fourth-order valence-corrected chi connectivity index (χ4v) is 2.25. The maximum absolute atomic E-state index is 11.6. The molecule has 0 atom stereocenters. The normalized spacial score (nSPS) is 11.4. The van der Waals surface area contributed by atoms with Gasteiger partial charge >= 0.3 is 0 Å². The first-order valence-corrected chi connectivity index (χ1v) is 6.99. The van der Waals surface area contributed by atoms with Gasteiger partial charge in [0.2, 0.25) is 10.0 Å². The maximum Gasteiger partial charge on any atom is 0.240 e. The van der Waals surface area contributed by atoms with Crippen molar-refractivity contribution in [1.82, 2.24) is 4.72 Å². The third kappa shape index (κ3) is 3.07. The van der Waals surface area contributed by atoms with Crippen LogP contribution in [-0.2, 0) is 16.6 Å². The van der Waals surface area contributed by atoms with Gasteiger partial charge in [0.15, 0.2) is 0 Å². The molecule has 0 amide bonds. The van der Waals surface area contributed by atoms with Crippen LogP contribution in [0.5, 0.6) is 5.75 Å². The zero-order valence-electron chi connectivity index (χ0n) is 10.3. The molecule has 0 saturated carbocycles. The lowest BCUT2D eigenvalue weighted by Crippen LogP contribution is -2.18. The van der Waals surface area contributed by atoms with Crippen LogP contribution < -0.4 is 15.2 Å². The van der Waals surface area contributed by atoms with Crippen LogP contribution in [0, 0.1) is 0 Å². The minimum absolute atomic E-state index is 0.0952. The molecule has 0 bridgehead atoms. The number of hydrogen-bond donors (Lipinski definition) is 2. The lowest BCUT2D eigenvalue weighted by molar-refractivity contribution is 0.271. The molecule has 1 aromatic carbocycles. The number of furan rings is 1. The predicted octanol–water partition coefficient (Wildman–Crippen LogP) is 1.35. The Bertz CT molecular complexity index is 650. The Balaban J connectivity index is 2.16. The van der Waals surface area contributed by atoms with E-state index in [0.29, 0.717) is 11.5 Å². The monoisotopic (exact) mass is 282 g/mol. The third-order valence-corrected chi connectivity index (χ3v) is 3.92. The van der Waals surface area contributed by atoms with Crippen molar-refractivity contribution in [3.63, 3.8) is 0 Å². The van der Waals surface area contributed by atoms with Crippen LogP contribution in [0.1, 0.15) is 5.76 Å². The van der Waals surface area contributed by atoms with Crippen molar-refractivity contribution in [3.05, 3.63) is 42.4 Å². The van der Waals surface area contributed by atoms with E-state index in [1.807, 2.05) is 0 Å². The van der Waals surface area contributed by atoms with Crippen LogP contribution in [0.25, 0.3) is 0 Å². The van der Waals surface area contributed by atoms with Crippen LogP contribution in [0.2, 0.25) is 0 Å². The summed E-state index contributed by atoms with van der Waals surface area (Å²) in [5.41, 5.74) is 6.02. The number of sulfonamides is 1. The molecule has 3 N–H and O–H groups in total. The molecular formula is C12H14N2O4S. The molecule has 0 unspecified atom stereocenters. The third-order valence-electron chi connectivity index (χ3n) is 2.51. The van der Waals surface area contributed by atoms with Gasteiger partial charge in [-0.1, -0.05) is 0 Å². The van der Waals surface area contributed by atoms with E-state index in [-0.39, 0.29) is 17.2 Å². The summed E-state index contributed by atoms with van der Waals surface area (Å²) < 4.78 is 36.0. The van der Waals surface area contributed by atoms with E-state index in [9.17, 15) is 8.42 Å². The number of rotatable bonds is 5. The van der Waals surface area contributed by atoms with E-state index in [1.54, 1.807) is 18.4 Å². The Kier molecular flexibility index (Phi) is 3.77. The summed E-state index contributed by atoms with van der Waals surface area (Å²) in [4.78, 5) is 0.0952. The minimum Gasteiger partial charge on any atom is -0.483 e. The highest BCUT2D eigenvalue weighted by atomic mass is 32.2. The Labute approximate surface area is 111 Å². The molecule has 1 heterocycles. The Morgan fingerprint density at radius 1 is 1.37 bits per heavy atom. The van der Waals surface area contributed by atoms with Gasteiger partial charge in [0.25, 0.3) is 0 Å². The van der Waals surface area contributed by atoms with Crippen LogP contribution in [0.3, 0.4) is 0 Å². The standard InChI is InChI=1S/C12H14N2O4S/c1-14-19(15,16)10-4-5-12(11(13)7-10)18-8-9-3-2-6-17-9/h2-7,14H,8,13H2,1H3. The van der Waals surface area contributed by atoms with E-state index in [1.165, 1.54) is 25.2 Å². The molecular weight excluding hydrogens is 268 g/mol. The lowest BCUT2D eigenvalue weighted by Gasteiger charge is -2.09.